The Kier molecular flexibility index (Phi) is 7.38. The topological polar surface area (TPSA) is 85.1 Å². The van der Waals surface area contributed by atoms with Crippen molar-refractivity contribution in [3.05, 3.63) is 134 Å². The molecule has 41 heavy (non-hydrogen) atoms. The number of hydrogen-bond donors (Lipinski definition) is 2. The van der Waals surface area contributed by atoms with E-state index in [1.54, 1.807) is 24.3 Å². The molecule has 0 saturated heterocycles. The fraction of sp³-hybridized carbons (Fsp3) is 0.0690. The molecule has 0 aliphatic heterocycles. The average Bonchev–Trinajstić information content (AvgIpc) is 2.92. The summed E-state index contributed by atoms with van der Waals surface area (Å²) in [6.07, 6.45) is -2.30. The third-order valence-corrected chi connectivity index (χ3v) is 6.46. The summed E-state index contributed by atoms with van der Waals surface area (Å²) in [5.74, 6) is -0.517. The smallest absolute Gasteiger partial charge is 0.315 e. The number of nitrogens with zero attached hydrogens (tertiary/aromatic N) is 2. The van der Waals surface area contributed by atoms with Crippen LogP contribution < -0.4 is 21.6 Å². The number of carbonyl (C=O) groups is 1. The first kappa shape index (κ1) is 27.7. The van der Waals surface area contributed by atoms with Crippen LogP contribution in [-0.2, 0) is 12.7 Å². The molecule has 0 atom stereocenters. The molecule has 2 heterocycles. The summed E-state index contributed by atoms with van der Waals surface area (Å²) in [5.41, 5.74) is -2.01. The summed E-state index contributed by atoms with van der Waals surface area (Å²) in [6.45, 7) is 0.119. The summed E-state index contributed by atoms with van der Waals surface area (Å²) in [4.78, 5) is 38.3. The summed E-state index contributed by atoms with van der Waals surface area (Å²) in [6, 6.07) is 16.3. The van der Waals surface area contributed by atoms with Gasteiger partial charge in [0.25, 0.3) is 5.56 Å². The van der Waals surface area contributed by atoms with Crippen LogP contribution in [0.15, 0.2) is 101 Å². The van der Waals surface area contributed by atoms with Crippen molar-refractivity contribution in [1.29, 1.82) is 0 Å². The van der Waals surface area contributed by atoms with E-state index in [1.165, 1.54) is 35.0 Å². The lowest BCUT2D eigenvalue weighted by atomic mass is 10.1. The molecule has 0 aliphatic carbocycles. The lowest BCUT2D eigenvalue weighted by Gasteiger charge is -2.19. The molecule has 208 valence electrons. The minimum atomic E-state index is -4.86. The highest BCUT2D eigenvalue weighted by Gasteiger charge is 2.35. The van der Waals surface area contributed by atoms with Gasteiger partial charge in [-0.15, -0.1) is 0 Å². The number of hydrogen-bond acceptors (Lipinski definition) is 3. The molecule has 0 radical (unpaired) electrons. The second-order valence-electron chi connectivity index (χ2n) is 9.00. The van der Waals surface area contributed by atoms with Gasteiger partial charge in [-0.3, -0.25) is 9.59 Å². The first-order valence-electron chi connectivity index (χ1n) is 12.0. The second-order valence-corrected chi connectivity index (χ2v) is 9.44. The van der Waals surface area contributed by atoms with Crippen molar-refractivity contribution in [3.63, 3.8) is 0 Å². The lowest BCUT2D eigenvalue weighted by molar-refractivity contribution is -0.137. The number of halogens is 5. The van der Waals surface area contributed by atoms with Crippen LogP contribution >= 0.6 is 11.6 Å². The molecule has 5 rings (SSSR count). The second kappa shape index (κ2) is 10.9. The molecule has 0 unspecified atom stereocenters. The predicted molar refractivity (Wildman–Crippen MR) is 148 cm³/mol. The standard InChI is InChI=1S/C29H19ClF4N4O3/c30-18-3-1-17(2-4-18)16-37-13-11-24-26(27(37)40)25(39)12-14-38(24)23-10-9-21(15-22(23)29(32,33)34)36-28(41)35-20-7-5-19(31)6-8-20/h1-15H,16H2,(H2,35,36,41). The highest BCUT2D eigenvalue weighted by atomic mass is 35.5. The maximum atomic E-state index is 14.2. The lowest BCUT2D eigenvalue weighted by Crippen LogP contribution is -2.26. The highest BCUT2D eigenvalue weighted by Crippen LogP contribution is 2.36. The van der Waals surface area contributed by atoms with Crippen molar-refractivity contribution in [1.82, 2.24) is 9.13 Å². The van der Waals surface area contributed by atoms with Gasteiger partial charge in [-0.1, -0.05) is 23.7 Å². The van der Waals surface area contributed by atoms with Crippen LogP contribution in [0.1, 0.15) is 11.1 Å². The van der Waals surface area contributed by atoms with Crippen molar-refractivity contribution in [2.24, 2.45) is 0 Å². The Morgan fingerprint density at radius 1 is 0.829 bits per heavy atom. The van der Waals surface area contributed by atoms with Gasteiger partial charge in [0.2, 0.25) is 0 Å². The molecule has 0 saturated carbocycles. The molecule has 0 fully saturated rings. The first-order valence-corrected chi connectivity index (χ1v) is 12.4. The monoisotopic (exact) mass is 582 g/mol. The zero-order valence-electron chi connectivity index (χ0n) is 20.9. The third kappa shape index (κ3) is 5.99. The normalized spacial score (nSPS) is 11.4. The maximum absolute atomic E-state index is 14.2. The molecule has 12 heteroatoms. The van der Waals surface area contributed by atoms with Crippen LogP contribution in [0.3, 0.4) is 0 Å². The van der Waals surface area contributed by atoms with E-state index < -0.39 is 34.6 Å². The predicted octanol–water partition coefficient (Wildman–Crippen LogP) is 6.66. The Bertz CT molecular complexity index is 1880. The van der Waals surface area contributed by atoms with E-state index >= 15 is 0 Å². The van der Waals surface area contributed by atoms with Crippen molar-refractivity contribution >= 4 is 39.9 Å². The zero-order valence-corrected chi connectivity index (χ0v) is 21.6. The van der Waals surface area contributed by atoms with Gasteiger partial charge in [-0.2, -0.15) is 13.2 Å². The van der Waals surface area contributed by atoms with Crippen LogP contribution in [-0.4, -0.2) is 15.2 Å². The number of urea groups is 1. The summed E-state index contributed by atoms with van der Waals surface area (Å²) < 4.78 is 58.1. The molecule has 2 aromatic heterocycles. The largest absolute Gasteiger partial charge is 0.418 e. The SMILES string of the molecule is O=C(Nc1ccc(F)cc1)Nc1ccc(-n2ccc(=O)c3c(=O)n(Cc4ccc(Cl)cc4)ccc32)c(C(F)(F)F)c1. The number of anilines is 2. The van der Waals surface area contributed by atoms with E-state index in [0.29, 0.717) is 5.02 Å². The molecule has 0 spiro atoms. The summed E-state index contributed by atoms with van der Waals surface area (Å²) >= 11 is 5.91. The van der Waals surface area contributed by atoms with E-state index in [9.17, 15) is 31.9 Å². The van der Waals surface area contributed by atoms with Crippen LogP contribution in [0.4, 0.5) is 33.7 Å². The van der Waals surface area contributed by atoms with Gasteiger partial charge in [0.05, 0.1) is 23.3 Å². The molecular formula is C29H19ClF4N4O3. The van der Waals surface area contributed by atoms with Crippen molar-refractivity contribution in [2.45, 2.75) is 12.7 Å². The van der Waals surface area contributed by atoms with E-state index in [4.69, 9.17) is 11.6 Å². The number of rotatable bonds is 5. The van der Waals surface area contributed by atoms with Crippen molar-refractivity contribution < 1.29 is 22.4 Å². The van der Waals surface area contributed by atoms with Crippen LogP contribution in [0.5, 0.6) is 0 Å². The number of fused-ring (bicyclic) bond motifs is 1. The maximum Gasteiger partial charge on any atom is 0.418 e. The van der Waals surface area contributed by atoms with Gasteiger partial charge in [0.1, 0.15) is 11.2 Å². The molecule has 2 N–H and O–H groups in total. The number of nitrogens with one attached hydrogen (secondary N) is 2. The summed E-state index contributed by atoms with van der Waals surface area (Å²) in [5, 5.41) is 4.96. The van der Waals surface area contributed by atoms with E-state index in [0.717, 1.165) is 46.7 Å². The summed E-state index contributed by atoms with van der Waals surface area (Å²) in [7, 11) is 0. The van der Waals surface area contributed by atoms with Crippen molar-refractivity contribution in [2.75, 3.05) is 10.6 Å². The fourth-order valence-corrected chi connectivity index (χ4v) is 4.43. The third-order valence-electron chi connectivity index (χ3n) is 6.21. The van der Waals surface area contributed by atoms with E-state index in [-0.39, 0.29) is 34.5 Å². The van der Waals surface area contributed by atoms with Crippen LogP contribution in [0.25, 0.3) is 16.6 Å². The highest BCUT2D eigenvalue weighted by molar-refractivity contribution is 6.30. The molecule has 0 aliphatic rings. The number of alkyl halides is 3. The molecule has 5 aromatic rings. The molecule has 0 bridgehead atoms. The Morgan fingerprint density at radius 2 is 1.49 bits per heavy atom. The van der Waals surface area contributed by atoms with Gasteiger partial charge < -0.3 is 19.8 Å². The Morgan fingerprint density at radius 3 is 2.17 bits per heavy atom. The number of aromatic nitrogens is 2. The van der Waals surface area contributed by atoms with Crippen molar-refractivity contribution in [3.8, 4) is 5.69 Å². The van der Waals surface area contributed by atoms with E-state index in [1.807, 2.05) is 0 Å². The molecule has 7 nitrogen and oxygen atoms in total. The molecule has 2 amide bonds. The Balaban J connectivity index is 1.52. The van der Waals surface area contributed by atoms with Gasteiger partial charge in [0.15, 0.2) is 5.43 Å². The quantitative estimate of drug-likeness (QED) is 0.227. The minimum Gasteiger partial charge on any atom is -0.315 e. The van der Waals surface area contributed by atoms with Gasteiger partial charge in [0, 0.05) is 34.9 Å². The Labute approximate surface area is 234 Å². The number of benzene rings is 3. The number of carbonyl (C=O) groups excluding carboxylic acids is 1. The number of pyridine rings is 2. The van der Waals surface area contributed by atoms with Gasteiger partial charge in [-0.25, -0.2) is 9.18 Å². The number of amides is 2. The van der Waals surface area contributed by atoms with Gasteiger partial charge in [-0.05, 0) is 66.2 Å². The van der Waals surface area contributed by atoms with Crippen LogP contribution in [0.2, 0.25) is 5.02 Å². The fourth-order valence-electron chi connectivity index (χ4n) is 4.30. The molecule has 3 aromatic carbocycles. The van der Waals surface area contributed by atoms with Gasteiger partial charge >= 0.3 is 12.2 Å². The average molecular weight is 583 g/mol. The van der Waals surface area contributed by atoms with E-state index in [2.05, 4.69) is 10.6 Å². The molecular weight excluding hydrogens is 564 g/mol. The van der Waals surface area contributed by atoms with Crippen LogP contribution in [0, 0.1) is 5.82 Å². The first-order chi connectivity index (χ1) is 19.5. The Hall–Kier alpha value is -4.90. The minimum absolute atomic E-state index is 0.0184. The zero-order chi connectivity index (χ0) is 29.3.